The maximum Gasteiger partial charge on any atom is 0.306 e. The molecule has 344 valence electrons. The van der Waals surface area contributed by atoms with E-state index in [1.165, 1.54) is 180 Å². The van der Waals surface area contributed by atoms with Crippen molar-refractivity contribution in [1.29, 1.82) is 0 Å². The predicted octanol–water partition coefficient (Wildman–Crippen LogP) is 16.7. The lowest BCUT2D eigenvalue weighted by Gasteiger charge is -2.18. The highest BCUT2D eigenvalue weighted by atomic mass is 16.6. The highest BCUT2D eigenvalue weighted by Gasteiger charge is 2.19. The molecule has 58 heavy (non-hydrogen) atoms. The Bertz CT molecular complexity index is 874. The van der Waals surface area contributed by atoms with Crippen LogP contribution in [-0.2, 0) is 28.6 Å². The van der Waals surface area contributed by atoms with Gasteiger partial charge in [-0.3, -0.25) is 14.4 Å². The minimum absolute atomic E-state index is 0.0643. The average Bonchev–Trinajstić information content (AvgIpc) is 3.22. The van der Waals surface area contributed by atoms with E-state index in [4.69, 9.17) is 14.2 Å². The zero-order valence-electron chi connectivity index (χ0n) is 39.5. The van der Waals surface area contributed by atoms with E-state index in [0.29, 0.717) is 19.3 Å². The zero-order valence-corrected chi connectivity index (χ0v) is 39.5. The van der Waals surface area contributed by atoms with E-state index < -0.39 is 6.10 Å². The Balaban J connectivity index is 4.00. The van der Waals surface area contributed by atoms with E-state index in [1.54, 1.807) is 0 Å². The molecule has 0 saturated heterocycles. The van der Waals surface area contributed by atoms with Gasteiger partial charge in [0.2, 0.25) is 0 Å². The van der Waals surface area contributed by atoms with Crippen LogP contribution in [0.15, 0.2) is 0 Å². The third kappa shape index (κ3) is 44.0. The first kappa shape index (κ1) is 56.4. The summed E-state index contributed by atoms with van der Waals surface area (Å²) in [7, 11) is 0. The number of unbranched alkanes of at least 4 members (excludes halogenated alkanes) is 33. The molecule has 0 fully saturated rings. The van der Waals surface area contributed by atoms with Gasteiger partial charge in [0.25, 0.3) is 0 Å². The van der Waals surface area contributed by atoms with Gasteiger partial charge in [-0.1, -0.05) is 252 Å². The molecule has 0 amide bonds. The molecular formula is C52H100O6. The van der Waals surface area contributed by atoms with Crippen LogP contribution in [0.4, 0.5) is 0 Å². The molecule has 0 aliphatic rings. The number of carbonyl (C=O) groups excluding carboxylic acids is 3. The van der Waals surface area contributed by atoms with Gasteiger partial charge < -0.3 is 14.2 Å². The van der Waals surface area contributed by atoms with Crippen molar-refractivity contribution in [2.45, 2.75) is 297 Å². The second kappa shape index (κ2) is 46.5. The van der Waals surface area contributed by atoms with Crippen molar-refractivity contribution in [3.05, 3.63) is 0 Å². The van der Waals surface area contributed by atoms with Crippen molar-refractivity contribution in [1.82, 2.24) is 0 Å². The fourth-order valence-corrected chi connectivity index (χ4v) is 7.83. The Kier molecular flexibility index (Phi) is 45.2. The van der Waals surface area contributed by atoms with Crippen LogP contribution >= 0.6 is 0 Å². The van der Waals surface area contributed by atoms with E-state index in [0.717, 1.165) is 70.1 Å². The van der Waals surface area contributed by atoms with Crippen molar-refractivity contribution in [2.75, 3.05) is 13.2 Å². The lowest BCUT2D eigenvalue weighted by molar-refractivity contribution is -0.167. The molecule has 0 aromatic heterocycles. The first-order chi connectivity index (χ1) is 28.4. The number of carbonyl (C=O) groups is 3. The van der Waals surface area contributed by atoms with E-state index in [2.05, 4.69) is 27.7 Å². The van der Waals surface area contributed by atoms with Crippen molar-refractivity contribution in [2.24, 2.45) is 5.92 Å². The smallest absolute Gasteiger partial charge is 0.306 e. The topological polar surface area (TPSA) is 78.9 Å². The van der Waals surface area contributed by atoms with Crippen molar-refractivity contribution < 1.29 is 28.6 Å². The molecule has 0 rings (SSSR count). The van der Waals surface area contributed by atoms with Gasteiger partial charge in [0.15, 0.2) is 6.10 Å². The number of rotatable bonds is 47. The summed E-state index contributed by atoms with van der Waals surface area (Å²) in [5.41, 5.74) is 0. The van der Waals surface area contributed by atoms with Gasteiger partial charge >= 0.3 is 17.9 Å². The van der Waals surface area contributed by atoms with Crippen LogP contribution < -0.4 is 0 Å². The standard InChI is InChI=1S/C52H100O6/c1-5-8-10-12-13-14-15-22-26-29-32-36-39-43-50(53)56-46-49(58-52(55)45-41-34-11-9-6-2)47-57-51(54)44-40-37-33-30-27-24-21-19-17-16-18-20-23-25-28-31-35-38-42-48(4)7-3/h48-49H,5-47H2,1-4H3/t48?,49-/m0/s1. The number of hydrogen-bond acceptors (Lipinski definition) is 6. The summed E-state index contributed by atoms with van der Waals surface area (Å²) in [5, 5.41) is 0. The molecule has 0 heterocycles. The summed E-state index contributed by atoms with van der Waals surface area (Å²) >= 11 is 0. The Morgan fingerprint density at radius 1 is 0.345 bits per heavy atom. The van der Waals surface area contributed by atoms with Crippen molar-refractivity contribution in [3.63, 3.8) is 0 Å². The van der Waals surface area contributed by atoms with Crippen LogP contribution in [0.2, 0.25) is 0 Å². The molecule has 1 unspecified atom stereocenters. The quantitative estimate of drug-likeness (QED) is 0.0346. The van der Waals surface area contributed by atoms with Gasteiger partial charge in [0.05, 0.1) is 0 Å². The third-order valence-electron chi connectivity index (χ3n) is 12.2. The second-order valence-electron chi connectivity index (χ2n) is 18.1. The molecule has 6 nitrogen and oxygen atoms in total. The van der Waals surface area contributed by atoms with Gasteiger partial charge in [-0.25, -0.2) is 0 Å². The van der Waals surface area contributed by atoms with Crippen molar-refractivity contribution >= 4 is 17.9 Å². The molecule has 2 atom stereocenters. The zero-order chi connectivity index (χ0) is 42.4. The van der Waals surface area contributed by atoms with Gasteiger partial charge in [-0.05, 0) is 25.2 Å². The predicted molar refractivity (Wildman–Crippen MR) is 247 cm³/mol. The first-order valence-electron chi connectivity index (χ1n) is 25.9. The molecule has 0 aromatic carbocycles. The molecule has 0 spiro atoms. The lowest BCUT2D eigenvalue weighted by atomic mass is 9.99. The average molecular weight is 821 g/mol. The Hall–Kier alpha value is -1.59. The SMILES string of the molecule is CCCCCCCCCCCCCCCC(=O)OC[C@@H](COC(=O)CCCCCCCCCCCCCCCCCCCCC(C)CC)OC(=O)CCCCCCC. The number of ether oxygens (including phenoxy) is 3. The van der Waals surface area contributed by atoms with Crippen LogP contribution in [0.3, 0.4) is 0 Å². The molecule has 0 aromatic rings. The summed E-state index contributed by atoms with van der Waals surface area (Å²) in [6.45, 7) is 9.00. The lowest BCUT2D eigenvalue weighted by Crippen LogP contribution is -2.30. The number of hydrogen-bond donors (Lipinski definition) is 0. The van der Waals surface area contributed by atoms with Crippen molar-refractivity contribution in [3.8, 4) is 0 Å². The second-order valence-corrected chi connectivity index (χ2v) is 18.1. The highest BCUT2D eigenvalue weighted by molar-refractivity contribution is 5.71. The highest BCUT2D eigenvalue weighted by Crippen LogP contribution is 2.18. The van der Waals surface area contributed by atoms with Crippen LogP contribution in [0.5, 0.6) is 0 Å². The number of esters is 3. The molecule has 0 radical (unpaired) electrons. The van der Waals surface area contributed by atoms with Crippen LogP contribution in [0.1, 0.15) is 291 Å². The molecule has 0 aliphatic carbocycles. The van der Waals surface area contributed by atoms with E-state index >= 15 is 0 Å². The molecule has 0 aliphatic heterocycles. The van der Waals surface area contributed by atoms with E-state index in [9.17, 15) is 14.4 Å². The molecule has 0 N–H and O–H groups in total. The molecular weight excluding hydrogens is 721 g/mol. The molecule has 0 bridgehead atoms. The van der Waals surface area contributed by atoms with E-state index in [-0.39, 0.29) is 31.1 Å². The Morgan fingerprint density at radius 3 is 0.897 bits per heavy atom. The van der Waals surface area contributed by atoms with E-state index in [1.807, 2.05) is 0 Å². The van der Waals surface area contributed by atoms with Crippen LogP contribution in [-0.4, -0.2) is 37.2 Å². The van der Waals surface area contributed by atoms with Gasteiger partial charge in [-0.15, -0.1) is 0 Å². The molecule has 0 saturated carbocycles. The largest absolute Gasteiger partial charge is 0.462 e. The summed E-state index contributed by atoms with van der Waals surface area (Å²) in [6, 6.07) is 0. The van der Waals surface area contributed by atoms with Gasteiger partial charge in [0.1, 0.15) is 13.2 Å². The first-order valence-corrected chi connectivity index (χ1v) is 25.9. The fraction of sp³-hybridized carbons (Fsp3) is 0.942. The summed E-state index contributed by atoms with van der Waals surface area (Å²) < 4.78 is 16.7. The molecule has 6 heteroatoms. The maximum absolute atomic E-state index is 12.6. The third-order valence-corrected chi connectivity index (χ3v) is 12.2. The summed E-state index contributed by atoms with van der Waals surface area (Å²) in [4.78, 5) is 37.6. The van der Waals surface area contributed by atoms with Crippen LogP contribution in [0.25, 0.3) is 0 Å². The Labute approximate surface area is 361 Å². The van der Waals surface area contributed by atoms with Crippen LogP contribution in [0, 0.1) is 5.92 Å². The van der Waals surface area contributed by atoms with Gasteiger partial charge in [-0.2, -0.15) is 0 Å². The maximum atomic E-state index is 12.6. The fourth-order valence-electron chi connectivity index (χ4n) is 7.83. The summed E-state index contributed by atoms with van der Waals surface area (Å²) in [6.07, 6.45) is 48.4. The Morgan fingerprint density at radius 2 is 0.603 bits per heavy atom. The minimum Gasteiger partial charge on any atom is -0.462 e. The summed E-state index contributed by atoms with van der Waals surface area (Å²) in [5.74, 6) is 0.0491. The van der Waals surface area contributed by atoms with Gasteiger partial charge in [0, 0.05) is 19.3 Å². The normalized spacial score (nSPS) is 12.4. The minimum atomic E-state index is -0.758. The monoisotopic (exact) mass is 821 g/mol.